The molecule has 3 heteroatoms. The fourth-order valence-electron chi connectivity index (χ4n) is 2.73. The summed E-state index contributed by atoms with van der Waals surface area (Å²) in [4.78, 5) is 4.75. The molecule has 0 spiro atoms. The van der Waals surface area contributed by atoms with Crippen molar-refractivity contribution >= 4 is 16.4 Å². The van der Waals surface area contributed by atoms with Crippen LogP contribution >= 0.6 is 0 Å². The Bertz CT molecular complexity index is 932. The molecule has 0 saturated heterocycles. The first-order chi connectivity index (χ1) is 10.3. The molecule has 0 atom stereocenters. The van der Waals surface area contributed by atoms with Crippen LogP contribution in [-0.2, 0) is 6.54 Å². The zero-order valence-electron chi connectivity index (χ0n) is 11.5. The first-order valence-electron chi connectivity index (χ1n) is 7.01. The molecule has 0 bridgehead atoms. The monoisotopic (exact) mass is 273 g/mol. The third-order valence-corrected chi connectivity index (χ3v) is 3.83. The normalized spacial score (nSPS) is 11.3. The van der Waals surface area contributed by atoms with Crippen molar-refractivity contribution in [3.8, 4) is 11.3 Å². The van der Waals surface area contributed by atoms with Crippen molar-refractivity contribution in [3.63, 3.8) is 0 Å². The molecular weight excluding hydrogens is 258 g/mol. The van der Waals surface area contributed by atoms with E-state index in [2.05, 4.69) is 48.7 Å². The minimum absolute atomic E-state index is 0.535. The van der Waals surface area contributed by atoms with Gasteiger partial charge >= 0.3 is 0 Å². The van der Waals surface area contributed by atoms with Gasteiger partial charge in [0.1, 0.15) is 5.65 Å². The van der Waals surface area contributed by atoms with E-state index in [0.717, 1.165) is 22.5 Å². The van der Waals surface area contributed by atoms with E-state index in [1.807, 2.05) is 22.7 Å². The molecule has 2 N–H and O–H groups in total. The van der Waals surface area contributed by atoms with E-state index < -0.39 is 0 Å². The number of imidazole rings is 1. The fraction of sp³-hybridized carbons (Fsp3) is 0.0556. The van der Waals surface area contributed by atoms with Crippen LogP contribution in [0.15, 0.2) is 67.0 Å². The molecule has 0 amide bonds. The van der Waals surface area contributed by atoms with Gasteiger partial charge < -0.3 is 10.1 Å². The highest BCUT2D eigenvalue weighted by molar-refractivity contribution is 5.95. The second kappa shape index (κ2) is 4.72. The number of fused-ring (bicyclic) bond motifs is 2. The summed E-state index contributed by atoms with van der Waals surface area (Å²) in [6.45, 7) is 0.535. The lowest BCUT2D eigenvalue weighted by molar-refractivity contribution is 1.05. The highest BCUT2D eigenvalue weighted by Crippen LogP contribution is 2.28. The van der Waals surface area contributed by atoms with Crippen LogP contribution in [0, 0.1) is 0 Å². The van der Waals surface area contributed by atoms with Crippen molar-refractivity contribution in [2.75, 3.05) is 0 Å². The van der Waals surface area contributed by atoms with Crippen LogP contribution in [0.1, 0.15) is 5.56 Å². The summed E-state index contributed by atoms with van der Waals surface area (Å²) in [7, 11) is 0. The van der Waals surface area contributed by atoms with Gasteiger partial charge in [-0.3, -0.25) is 0 Å². The van der Waals surface area contributed by atoms with Crippen LogP contribution in [-0.4, -0.2) is 9.38 Å². The van der Waals surface area contributed by atoms with Gasteiger partial charge in [0.15, 0.2) is 0 Å². The number of nitrogens with two attached hydrogens (primary N) is 1. The number of nitrogens with zero attached hydrogens (tertiary/aromatic N) is 2. The topological polar surface area (TPSA) is 43.3 Å². The maximum absolute atomic E-state index is 5.70. The predicted octanol–water partition coefficient (Wildman–Crippen LogP) is 3.61. The lowest BCUT2D eigenvalue weighted by Crippen LogP contribution is -1.96. The minimum atomic E-state index is 0.535. The number of aromatic nitrogens is 2. The van der Waals surface area contributed by atoms with Gasteiger partial charge in [-0.15, -0.1) is 0 Å². The molecule has 0 radical (unpaired) electrons. The SMILES string of the molecule is NCc1ccn2cc(-c3cccc4ccccc34)nc2c1. The number of hydrogen-bond donors (Lipinski definition) is 1. The Kier molecular flexibility index (Phi) is 2.72. The second-order valence-electron chi connectivity index (χ2n) is 5.16. The lowest BCUT2D eigenvalue weighted by Gasteiger charge is -2.02. The van der Waals surface area contributed by atoms with Crippen LogP contribution in [0.5, 0.6) is 0 Å². The summed E-state index contributed by atoms with van der Waals surface area (Å²) >= 11 is 0. The molecule has 4 rings (SSSR count). The number of rotatable bonds is 2. The van der Waals surface area contributed by atoms with E-state index in [1.54, 1.807) is 0 Å². The average molecular weight is 273 g/mol. The maximum atomic E-state index is 5.70. The average Bonchev–Trinajstić information content (AvgIpc) is 2.97. The van der Waals surface area contributed by atoms with Crippen molar-refractivity contribution in [3.05, 3.63) is 72.6 Å². The molecule has 0 saturated carbocycles. The fourth-order valence-corrected chi connectivity index (χ4v) is 2.73. The molecular formula is C18H15N3. The largest absolute Gasteiger partial charge is 0.326 e. The van der Waals surface area contributed by atoms with Crippen molar-refractivity contribution in [2.45, 2.75) is 6.54 Å². The molecule has 4 aromatic rings. The molecule has 3 nitrogen and oxygen atoms in total. The van der Waals surface area contributed by atoms with Gasteiger partial charge in [0.2, 0.25) is 0 Å². The minimum Gasteiger partial charge on any atom is -0.326 e. The highest BCUT2D eigenvalue weighted by Gasteiger charge is 2.08. The van der Waals surface area contributed by atoms with Crippen molar-refractivity contribution in [2.24, 2.45) is 5.73 Å². The Balaban J connectivity index is 1.96. The zero-order valence-corrected chi connectivity index (χ0v) is 11.5. The number of pyridine rings is 1. The van der Waals surface area contributed by atoms with Crippen LogP contribution in [0.4, 0.5) is 0 Å². The molecule has 2 heterocycles. The highest BCUT2D eigenvalue weighted by atomic mass is 15.0. The van der Waals surface area contributed by atoms with E-state index in [-0.39, 0.29) is 0 Å². The van der Waals surface area contributed by atoms with Crippen LogP contribution in [0.3, 0.4) is 0 Å². The van der Waals surface area contributed by atoms with Crippen molar-refractivity contribution < 1.29 is 0 Å². The molecule has 2 aromatic carbocycles. The first-order valence-corrected chi connectivity index (χ1v) is 7.01. The second-order valence-corrected chi connectivity index (χ2v) is 5.16. The molecule has 0 fully saturated rings. The van der Waals surface area contributed by atoms with Crippen LogP contribution < -0.4 is 5.73 Å². The summed E-state index contributed by atoms with van der Waals surface area (Å²) in [5, 5.41) is 2.46. The van der Waals surface area contributed by atoms with Crippen molar-refractivity contribution in [1.82, 2.24) is 9.38 Å². The third kappa shape index (κ3) is 1.99. The maximum Gasteiger partial charge on any atom is 0.137 e. The van der Waals surface area contributed by atoms with Crippen LogP contribution in [0.2, 0.25) is 0 Å². The quantitative estimate of drug-likeness (QED) is 0.606. The smallest absolute Gasteiger partial charge is 0.137 e. The van der Waals surface area contributed by atoms with Gasteiger partial charge in [0, 0.05) is 24.5 Å². The summed E-state index contributed by atoms with van der Waals surface area (Å²) in [6, 6.07) is 18.8. The summed E-state index contributed by atoms with van der Waals surface area (Å²) in [6.07, 6.45) is 4.08. The molecule has 0 aliphatic rings. The Hall–Kier alpha value is -2.65. The number of hydrogen-bond acceptors (Lipinski definition) is 2. The summed E-state index contributed by atoms with van der Waals surface area (Å²) in [5.74, 6) is 0. The van der Waals surface area contributed by atoms with E-state index in [1.165, 1.54) is 10.8 Å². The van der Waals surface area contributed by atoms with Gasteiger partial charge in [0.05, 0.1) is 5.69 Å². The molecule has 0 aliphatic heterocycles. The molecule has 102 valence electrons. The summed E-state index contributed by atoms with van der Waals surface area (Å²) < 4.78 is 2.04. The molecule has 0 aliphatic carbocycles. The van der Waals surface area contributed by atoms with Crippen molar-refractivity contribution in [1.29, 1.82) is 0 Å². The molecule has 21 heavy (non-hydrogen) atoms. The first kappa shape index (κ1) is 12.1. The van der Waals surface area contributed by atoms with E-state index in [4.69, 9.17) is 10.7 Å². The van der Waals surface area contributed by atoms with E-state index in [9.17, 15) is 0 Å². The predicted molar refractivity (Wildman–Crippen MR) is 86.0 cm³/mol. The van der Waals surface area contributed by atoms with Crippen LogP contribution in [0.25, 0.3) is 27.7 Å². The van der Waals surface area contributed by atoms with Gasteiger partial charge in [-0.1, -0.05) is 42.5 Å². The van der Waals surface area contributed by atoms with Gasteiger partial charge in [-0.2, -0.15) is 0 Å². The molecule has 2 aromatic heterocycles. The Labute approximate surface area is 122 Å². The van der Waals surface area contributed by atoms with Gasteiger partial charge in [-0.25, -0.2) is 4.98 Å². The Morgan fingerprint density at radius 2 is 1.86 bits per heavy atom. The Morgan fingerprint density at radius 3 is 2.76 bits per heavy atom. The number of benzene rings is 2. The van der Waals surface area contributed by atoms with E-state index in [0.29, 0.717) is 6.54 Å². The standard InChI is InChI=1S/C18H15N3/c19-11-13-8-9-21-12-17(20-18(21)10-13)16-7-3-5-14-4-1-2-6-15(14)16/h1-10,12H,11,19H2. The van der Waals surface area contributed by atoms with E-state index >= 15 is 0 Å². The zero-order chi connectivity index (χ0) is 14.2. The molecule has 0 unspecified atom stereocenters. The summed E-state index contributed by atoms with van der Waals surface area (Å²) in [5.41, 5.74) is 9.87. The van der Waals surface area contributed by atoms with Gasteiger partial charge in [-0.05, 0) is 28.5 Å². The third-order valence-electron chi connectivity index (χ3n) is 3.83. The Morgan fingerprint density at radius 1 is 1.00 bits per heavy atom. The lowest BCUT2D eigenvalue weighted by atomic mass is 10.0. The van der Waals surface area contributed by atoms with Gasteiger partial charge in [0.25, 0.3) is 0 Å².